The van der Waals surface area contributed by atoms with Gasteiger partial charge in [-0.3, -0.25) is 9.59 Å². The minimum absolute atomic E-state index is 0.0925. The molecule has 0 radical (unpaired) electrons. The Morgan fingerprint density at radius 1 is 0.923 bits per heavy atom. The van der Waals surface area contributed by atoms with E-state index in [1.807, 2.05) is 31.2 Å². The fourth-order valence-electron chi connectivity index (χ4n) is 3.31. The molecule has 2 amide bonds. The Labute approximate surface area is 155 Å². The van der Waals surface area contributed by atoms with Crippen molar-refractivity contribution in [3.63, 3.8) is 0 Å². The van der Waals surface area contributed by atoms with E-state index in [-0.39, 0.29) is 17.9 Å². The maximum Gasteiger partial charge on any atom is 0.251 e. The average molecular weight is 350 g/mol. The van der Waals surface area contributed by atoms with Crippen molar-refractivity contribution < 1.29 is 9.59 Å². The first-order valence-corrected chi connectivity index (χ1v) is 9.36. The van der Waals surface area contributed by atoms with Gasteiger partial charge in [0.1, 0.15) is 0 Å². The Bertz CT molecular complexity index is 762. The van der Waals surface area contributed by atoms with E-state index in [9.17, 15) is 9.59 Å². The number of hydrogen-bond donors (Lipinski definition) is 2. The molecule has 0 bridgehead atoms. The van der Waals surface area contributed by atoms with Gasteiger partial charge in [0.15, 0.2) is 0 Å². The van der Waals surface area contributed by atoms with E-state index in [1.165, 1.54) is 24.8 Å². The zero-order valence-corrected chi connectivity index (χ0v) is 15.3. The van der Waals surface area contributed by atoms with Crippen LogP contribution >= 0.6 is 0 Å². The summed E-state index contributed by atoms with van der Waals surface area (Å²) in [4.78, 5) is 24.9. The van der Waals surface area contributed by atoms with Crippen LogP contribution in [-0.2, 0) is 6.54 Å². The van der Waals surface area contributed by atoms with E-state index >= 15 is 0 Å². The van der Waals surface area contributed by atoms with Gasteiger partial charge in [-0.1, -0.05) is 55.2 Å². The number of rotatable bonds is 5. The van der Waals surface area contributed by atoms with Crippen LogP contribution in [0, 0.1) is 6.92 Å². The van der Waals surface area contributed by atoms with Crippen molar-refractivity contribution in [2.75, 3.05) is 0 Å². The molecule has 4 nitrogen and oxygen atoms in total. The number of aryl methyl sites for hydroxylation is 1. The quantitative estimate of drug-likeness (QED) is 0.857. The summed E-state index contributed by atoms with van der Waals surface area (Å²) >= 11 is 0. The van der Waals surface area contributed by atoms with Crippen molar-refractivity contribution in [2.24, 2.45) is 0 Å². The molecule has 1 saturated carbocycles. The van der Waals surface area contributed by atoms with Crippen LogP contribution < -0.4 is 10.6 Å². The second-order valence-electron chi connectivity index (χ2n) is 7.06. The lowest BCUT2D eigenvalue weighted by Crippen LogP contribution is -2.36. The third-order valence-corrected chi connectivity index (χ3v) is 4.90. The van der Waals surface area contributed by atoms with E-state index in [1.54, 1.807) is 24.3 Å². The van der Waals surface area contributed by atoms with E-state index in [4.69, 9.17) is 0 Å². The SMILES string of the molecule is Cc1ccc(CNC(=O)c2cccc(C(=O)NC3CCCCC3)c2)cc1. The summed E-state index contributed by atoms with van der Waals surface area (Å²) in [6, 6.07) is 15.2. The second-order valence-corrected chi connectivity index (χ2v) is 7.06. The highest BCUT2D eigenvalue weighted by Gasteiger charge is 2.17. The topological polar surface area (TPSA) is 58.2 Å². The van der Waals surface area contributed by atoms with Gasteiger partial charge in [-0.25, -0.2) is 0 Å². The van der Waals surface area contributed by atoms with Crippen LogP contribution in [0.3, 0.4) is 0 Å². The Morgan fingerprint density at radius 3 is 2.27 bits per heavy atom. The molecule has 1 fully saturated rings. The van der Waals surface area contributed by atoms with Crippen LogP contribution in [-0.4, -0.2) is 17.9 Å². The number of nitrogens with one attached hydrogen (secondary N) is 2. The van der Waals surface area contributed by atoms with Gasteiger partial charge in [0.05, 0.1) is 0 Å². The lowest BCUT2D eigenvalue weighted by atomic mass is 9.95. The monoisotopic (exact) mass is 350 g/mol. The lowest BCUT2D eigenvalue weighted by Gasteiger charge is -2.22. The van der Waals surface area contributed by atoms with Crippen molar-refractivity contribution in [1.29, 1.82) is 0 Å². The summed E-state index contributed by atoms with van der Waals surface area (Å²) in [5.41, 5.74) is 3.29. The van der Waals surface area contributed by atoms with Crippen molar-refractivity contribution in [1.82, 2.24) is 10.6 Å². The summed E-state index contributed by atoms with van der Waals surface area (Å²) in [6.45, 7) is 2.50. The predicted molar refractivity (Wildman–Crippen MR) is 103 cm³/mol. The highest BCUT2D eigenvalue weighted by atomic mass is 16.2. The first-order chi connectivity index (χ1) is 12.6. The number of benzene rings is 2. The molecule has 2 N–H and O–H groups in total. The Morgan fingerprint density at radius 2 is 1.58 bits per heavy atom. The summed E-state index contributed by atoms with van der Waals surface area (Å²) in [7, 11) is 0. The van der Waals surface area contributed by atoms with E-state index in [0.717, 1.165) is 18.4 Å². The van der Waals surface area contributed by atoms with Gasteiger partial charge in [0, 0.05) is 23.7 Å². The van der Waals surface area contributed by atoms with Gasteiger partial charge < -0.3 is 10.6 Å². The first kappa shape index (κ1) is 18.2. The average Bonchev–Trinajstić information content (AvgIpc) is 2.68. The molecular weight excluding hydrogens is 324 g/mol. The molecule has 136 valence electrons. The molecule has 1 aliphatic carbocycles. The lowest BCUT2D eigenvalue weighted by molar-refractivity contribution is 0.0927. The molecule has 3 rings (SSSR count). The molecule has 0 heterocycles. The number of amides is 2. The van der Waals surface area contributed by atoms with Crippen molar-refractivity contribution in [3.8, 4) is 0 Å². The summed E-state index contributed by atoms with van der Waals surface area (Å²) in [6.07, 6.45) is 5.69. The zero-order valence-electron chi connectivity index (χ0n) is 15.3. The van der Waals surface area contributed by atoms with Gasteiger partial charge in [-0.05, 0) is 43.5 Å². The van der Waals surface area contributed by atoms with Gasteiger partial charge in [-0.15, -0.1) is 0 Å². The van der Waals surface area contributed by atoms with E-state index in [2.05, 4.69) is 10.6 Å². The van der Waals surface area contributed by atoms with Gasteiger partial charge in [-0.2, -0.15) is 0 Å². The molecule has 0 aromatic heterocycles. The van der Waals surface area contributed by atoms with Crippen molar-refractivity contribution in [3.05, 3.63) is 70.8 Å². The number of hydrogen-bond acceptors (Lipinski definition) is 2. The minimum atomic E-state index is -0.169. The summed E-state index contributed by atoms with van der Waals surface area (Å²) in [5, 5.41) is 6.01. The van der Waals surface area contributed by atoms with Crippen LogP contribution in [0.5, 0.6) is 0 Å². The van der Waals surface area contributed by atoms with E-state index < -0.39 is 0 Å². The smallest absolute Gasteiger partial charge is 0.251 e. The fourth-order valence-corrected chi connectivity index (χ4v) is 3.31. The molecule has 0 saturated heterocycles. The highest BCUT2D eigenvalue weighted by Crippen LogP contribution is 2.18. The normalized spacial score (nSPS) is 14.7. The zero-order chi connectivity index (χ0) is 18.4. The largest absolute Gasteiger partial charge is 0.349 e. The van der Waals surface area contributed by atoms with Crippen LogP contribution in [0.15, 0.2) is 48.5 Å². The van der Waals surface area contributed by atoms with E-state index in [0.29, 0.717) is 17.7 Å². The molecule has 0 spiro atoms. The first-order valence-electron chi connectivity index (χ1n) is 9.36. The Kier molecular flexibility index (Phi) is 6.05. The molecule has 0 unspecified atom stereocenters. The van der Waals surface area contributed by atoms with Crippen LogP contribution in [0.2, 0.25) is 0 Å². The van der Waals surface area contributed by atoms with Crippen molar-refractivity contribution in [2.45, 2.75) is 51.6 Å². The van der Waals surface area contributed by atoms with Crippen LogP contribution in [0.4, 0.5) is 0 Å². The Hall–Kier alpha value is -2.62. The van der Waals surface area contributed by atoms with Crippen molar-refractivity contribution >= 4 is 11.8 Å². The van der Waals surface area contributed by atoms with Crippen LogP contribution in [0.1, 0.15) is 63.9 Å². The van der Waals surface area contributed by atoms with Crippen LogP contribution in [0.25, 0.3) is 0 Å². The van der Waals surface area contributed by atoms with Gasteiger partial charge in [0.2, 0.25) is 0 Å². The molecule has 0 aliphatic heterocycles. The highest BCUT2D eigenvalue weighted by molar-refractivity contribution is 5.99. The third kappa shape index (κ3) is 4.94. The Balaban J connectivity index is 1.59. The van der Waals surface area contributed by atoms with Gasteiger partial charge in [0.25, 0.3) is 11.8 Å². The third-order valence-electron chi connectivity index (χ3n) is 4.90. The fraction of sp³-hybridized carbons (Fsp3) is 0.364. The number of carbonyl (C=O) groups is 2. The van der Waals surface area contributed by atoms with Gasteiger partial charge >= 0.3 is 0 Å². The molecule has 4 heteroatoms. The second kappa shape index (κ2) is 8.65. The molecule has 0 atom stereocenters. The number of carbonyl (C=O) groups excluding carboxylic acids is 2. The summed E-state index contributed by atoms with van der Waals surface area (Å²) < 4.78 is 0. The maximum absolute atomic E-state index is 12.5. The standard InChI is InChI=1S/C22H26N2O2/c1-16-10-12-17(13-11-16)15-23-21(25)18-6-5-7-19(14-18)22(26)24-20-8-3-2-4-9-20/h5-7,10-14,20H,2-4,8-9,15H2,1H3,(H,23,25)(H,24,26). The molecule has 1 aliphatic rings. The molecular formula is C22H26N2O2. The minimum Gasteiger partial charge on any atom is -0.349 e. The molecule has 26 heavy (non-hydrogen) atoms. The maximum atomic E-state index is 12.5. The molecule has 2 aromatic carbocycles. The molecule has 2 aromatic rings. The predicted octanol–water partition coefficient (Wildman–Crippen LogP) is 3.99. The summed E-state index contributed by atoms with van der Waals surface area (Å²) in [5.74, 6) is -0.261.